The number of benzene rings is 1. The lowest BCUT2D eigenvalue weighted by molar-refractivity contribution is -0.152. The van der Waals surface area contributed by atoms with Crippen LogP contribution in [0.1, 0.15) is 36.0 Å². The van der Waals surface area contributed by atoms with E-state index >= 15 is 0 Å². The number of nitrogens with zero attached hydrogens (tertiary/aromatic N) is 1. The molecule has 0 atom stereocenters. The molecule has 1 aromatic carbocycles. The largest absolute Gasteiger partial charge is 0.460 e. The summed E-state index contributed by atoms with van der Waals surface area (Å²) in [6.45, 7) is 4.29. The molecule has 110 valence electrons. The van der Waals surface area contributed by atoms with Gasteiger partial charge in [0.2, 0.25) is 0 Å². The van der Waals surface area contributed by atoms with Crippen molar-refractivity contribution in [2.75, 3.05) is 0 Å². The lowest BCUT2D eigenvalue weighted by Crippen LogP contribution is -2.24. The molecule has 21 heavy (non-hydrogen) atoms. The molecule has 0 spiro atoms. The number of aromatic nitrogens is 1. The Hall–Kier alpha value is -1.61. The zero-order chi connectivity index (χ0) is 15.0. The monoisotopic (exact) mass is 303 g/mol. The van der Waals surface area contributed by atoms with Crippen LogP contribution >= 0.6 is 11.6 Å². The summed E-state index contributed by atoms with van der Waals surface area (Å²) in [5, 5.41) is 1.44. The summed E-state index contributed by atoms with van der Waals surface area (Å²) >= 11 is 6.24. The van der Waals surface area contributed by atoms with E-state index in [4.69, 9.17) is 16.3 Å². The van der Waals surface area contributed by atoms with Crippen LogP contribution in [0, 0.1) is 19.8 Å². The van der Waals surface area contributed by atoms with Gasteiger partial charge >= 0.3 is 5.97 Å². The van der Waals surface area contributed by atoms with Crippen LogP contribution < -0.4 is 0 Å². The molecule has 1 aliphatic carbocycles. The van der Waals surface area contributed by atoms with E-state index in [1.165, 1.54) is 5.56 Å². The first kappa shape index (κ1) is 14.3. The van der Waals surface area contributed by atoms with Crippen LogP contribution in [0.5, 0.6) is 0 Å². The Morgan fingerprint density at radius 1 is 1.38 bits per heavy atom. The van der Waals surface area contributed by atoms with E-state index in [1.807, 2.05) is 19.1 Å². The first-order chi connectivity index (χ1) is 10.1. The highest BCUT2D eigenvalue weighted by atomic mass is 35.5. The number of pyridine rings is 1. The van der Waals surface area contributed by atoms with E-state index in [0.717, 1.165) is 41.3 Å². The molecule has 0 saturated heterocycles. The Balaban J connectivity index is 1.83. The van der Waals surface area contributed by atoms with E-state index in [-0.39, 0.29) is 18.5 Å². The SMILES string of the molecule is Cc1ccc2cc(COC(=O)C3CCC3)c(Cl)nc2c1C. The molecule has 0 radical (unpaired) electrons. The smallest absolute Gasteiger partial charge is 0.309 e. The molecule has 0 unspecified atom stereocenters. The molecule has 0 amide bonds. The average Bonchev–Trinajstić information content (AvgIpc) is 2.40. The highest BCUT2D eigenvalue weighted by Gasteiger charge is 2.26. The Morgan fingerprint density at radius 2 is 2.14 bits per heavy atom. The van der Waals surface area contributed by atoms with Gasteiger partial charge in [0, 0.05) is 10.9 Å². The van der Waals surface area contributed by atoms with Gasteiger partial charge in [0.15, 0.2) is 0 Å². The Labute approximate surface area is 129 Å². The lowest BCUT2D eigenvalue weighted by Gasteiger charge is -2.23. The van der Waals surface area contributed by atoms with E-state index in [1.54, 1.807) is 0 Å². The highest BCUT2D eigenvalue weighted by Crippen LogP contribution is 2.29. The summed E-state index contributed by atoms with van der Waals surface area (Å²) in [7, 11) is 0. The predicted octanol–water partition coefficient (Wildman–Crippen LogP) is 4.35. The van der Waals surface area contributed by atoms with Gasteiger partial charge in [-0.1, -0.05) is 30.2 Å². The molecule has 3 rings (SSSR count). The van der Waals surface area contributed by atoms with Crippen molar-refractivity contribution in [3.05, 3.63) is 40.0 Å². The standard InChI is InChI=1S/C17H18ClNO2/c1-10-6-7-13-8-14(16(18)19-15(13)11(10)2)9-21-17(20)12-4-3-5-12/h6-8,12H,3-5,9H2,1-2H3. The number of rotatable bonds is 3. The zero-order valence-corrected chi connectivity index (χ0v) is 13.0. The van der Waals surface area contributed by atoms with Crippen LogP contribution in [0.25, 0.3) is 10.9 Å². The van der Waals surface area contributed by atoms with Crippen molar-refractivity contribution >= 4 is 28.5 Å². The second kappa shape index (κ2) is 5.64. The summed E-state index contributed by atoms with van der Waals surface area (Å²) in [5.74, 6) is -0.0282. The van der Waals surface area contributed by atoms with Crippen LogP contribution in [-0.4, -0.2) is 11.0 Å². The fourth-order valence-corrected chi connectivity index (χ4v) is 2.71. The normalized spacial score (nSPS) is 15.0. The Kier molecular flexibility index (Phi) is 3.85. The van der Waals surface area contributed by atoms with Gasteiger partial charge in [-0.2, -0.15) is 0 Å². The van der Waals surface area contributed by atoms with Crippen molar-refractivity contribution in [3.8, 4) is 0 Å². The Bertz CT molecular complexity index is 707. The van der Waals surface area contributed by atoms with Gasteiger partial charge in [0.05, 0.1) is 11.4 Å². The number of carbonyl (C=O) groups excluding carboxylic acids is 1. The van der Waals surface area contributed by atoms with E-state index in [9.17, 15) is 4.79 Å². The molecule has 1 saturated carbocycles. The second-order valence-electron chi connectivity index (χ2n) is 5.75. The maximum atomic E-state index is 11.8. The van der Waals surface area contributed by atoms with E-state index in [0.29, 0.717) is 5.15 Å². The molecule has 1 heterocycles. The molecule has 1 aliphatic rings. The minimum atomic E-state index is -0.113. The Morgan fingerprint density at radius 3 is 2.81 bits per heavy atom. The number of aryl methyl sites for hydroxylation is 2. The fraction of sp³-hybridized carbons (Fsp3) is 0.412. The highest BCUT2D eigenvalue weighted by molar-refractivity contribution is 6.30. The molecule has 2 aromatic rings. The summed E-state index contributed by atoms with van der Waals surface area (Å²) < 4.78 is 5.35. The van der Waals surface area contributed by atoms with Crippen LogP contribution in [0.4, 0.5) is 0 Å². The first-order valence-corrected chi connectivity index (χ1v) is 7.66. The van der Waals surface area contributed by atoms with Crippen molar-refractivity contribution < 1.29 is 9.53 Å². The van der Waals surface area contributed by atoms with E-state index < -0.39 is 0 Å². The molecule has 0 bridgehead atoms. The summed E-state index contributed by atoms with van der Waals surface area (Å²) in [6.07, 6.45) is 3.01. The zero-order valence-electron chi connectivity index (χ0n) is 12.3. The lowest BCUT2D eigenvalue weighted by atomic mass is 9.86. The molecular weight excluding hydrogens is 286 g/mol. The number of hydrogen-bond acceptors (Lipinski definition) is 3. The number of ether oxygens (including phenoxy) is 1. The molecule has 0 aliphatic heterocycles. The van der Waals surface area contributed by atoms with Crippen LogP contribution in [-0.2, 0) is 16.1 Å². The van der Waals surface area contributed by atoms with Crippen molar-refractivity contribution in [2.24, 2.45) is 5.92 Å². The summed E-state index contributed by atoms with van der Waals surface area (Å²) in [6, 6.07) is 6.06. The quantitative estimate of drug-likeness (QED) is 0.625. The fourth-order valence-electron chi connectivity index (χ4n) is 2.52. The third kappa shape index (κ3) is 2.75. The van der Waals surface area contributed by atoms with Crippen molar-refractivity contribution in [2.45, 2.75) is 39.7 Å². The second-order valence-corrected chi connectivity index (χ2v) is 6.11. The van der Waals surface area contributed by atoms with Gasteiger partial charge in [0.25, 0.3) is 0 Å². The number of carbonyl (C=O) groups is 1. The molecule has 3 nitrogen and oxygen atoms in total. The van der Waals surface area contributed by atoms with Crippen LogP contribution in [0.2, 0.25) is 5.15 Å². The summed E-state index contributed by atoms with van der Waals surface area (Å²) in [5.41, 5.74) is 4.00. The van der Waals surface area contributed by atoms with Gasteiger partial charge in [-0.15, -0.1) is 0 Å². The molecule has 1 aromatic heterocycles. The number of esters is 1. The maximum Gasteiger partial charge on any atom is 0.309 e. The summed E-state index contributed by atoms with van der Waals surface area (Å²) in [4.78, 5) is 16.3. The topological polar surface area (TPSA) is 39.2 Å². The number of hydrogen-bond donors (Lipinski definition) is 0. The van der Waals surface area contributed by atoms with Crippen molar-refractivity contribution in [1.82, 2.24) is 4.98 Å². The van der Waals surface area contributed by atoms with Crippen molar-refractivity contribution in [3.63, 3.8) is 0 Å². The average molecular weight is 304 g/mol. The number of halogens is 1. The van der Waals surface area contributed by atoms with E-state index in [2.05, 4.69) is 18.0 Å². The predicted molar refractivity (Wildman–Crippen MR) is 83.4 cm³/mol. The first-order valence-electron chi connectivity index (χ1n) is 7.28. The molecule has 4 heteroatoms. The van der Waals surface area contributed by atoms with Gasteiger partial charge in [-0.25, -0.2) is 4.98 Å². The minimum Gasteiger partial charge on any atom is -0.460 e. The van der Waals surface area contributed by atoms with Crippen molar-refractivity contribution in [1.29, 1.82) is 0 Å². The van der Waals surface area contributed by atoms with Crippen LogP contribution in [0.3, 0.4) is 0 Å². The third-order valence-corrected chi connectivity index (χ3v) is 4.67. The third-order valence-electron chi connectivity index (χ3n) is 4.35. The molecular formula is C17H18ClNO2. The van der Waals surface area contributed by atoms with Crippen LogP contribution in [0.15, 0.2) is 18.2 Å². The van der Waals surface area contributed by atoms with Gasteiger partial charge in [0.1, 0.15) is 11.8 Å². The number of fused-ring (bicyclic) bond motifs is 1. The van der Waals surface area contributed by atoms with Gasteiger partial charge in [-0.3, -0.25) is 4.79 Å². The maximum absolute atomic E-state index is 11.8. The van der Waals surface area contributed by atoms with Gasteiger partial charge < -0.3 is 4.74 Å². The van der Waals surface area contributed by atoms with Gasteiger partial charge in [-0.05, 0) is 43.9 Å². The molecule has 1 fully saturated rings. The molecule has 0 N–H and O–H groups in total. The minimum absolute atomic E-state index is 0.0853.